The Kier molecular flexibility index (Phi) is 5.47. The van der Waals surface area contributed by atoms with E-state index in [2.05, 4.69) is 20.5 Å². The molecule has 0 fully saturated rings. The van der Waals surface area contributed by atoms with Crippen molar-refractivity contribution in [3.8, 4) is 0 Å². The van der Waals surface area contributed by atoms with Crippen molar-refractivity contribution in [2.24, 2.45) is 0 Å². The minimum Gasteiger partial charge on any atom is -0.360 e. The largest absolute Gasteiger partial charge is 0.360 e. The highest BCUT2D eigenvalue weighted by molar-refractivity contribution is 7.92. The van der Waals surface area contributed by atoms with Gasteiger partial charge in [-0.3, -0.25) is 14.3 Å². The number of nitrogens with one attached hydrogen (secondary N) is 3. The zero-order valence-corrected chi connectivity index (χ0v) is 17.4. The molecule has 2 amide bonds. The van der Waals surface area contributed by atoms with Gasteiger partial charge in [-0.05, 0) is 55.2 Å². The van der Waals surface area contributed by atoms with Gasteiger partial charge in [-0.1, -0.05) is 29.4 Å². The van der Waals surface area contributed by atoms with Gasteiger partial charge in [-0.25, -0.2) is 8.42 Å². The van der Waals surface area contributed by atoms with E-state index in [1.54, 1.807) is 6.92 Å². The monoisotopic (exact) mass is 440 g/mol. The van der Waals surface area contributed by atoms with Crippen LogP contribution < -0.4 is 15.4 Å². The number of anilines is 2. The van der Waals surface area contributed by atoms with E-state index in [9.17, 15) is 18.0 Å². The molecule has 0 saturated carbocycles. The second-order valence-corrected chi connectivity index (χ2v) is 8.94. The van der Waals surface area contributed by atoms with Crippen molar-refractivity contribution >= 4 is 33.3 Å². The van der Waals surface area contributed by atoms with Crippen LogP contribution in [-0.4, -0.2) is 31.4 Å². The molecule has 1 aromatic heterocycles. The summed E-state index contributed by atoms with van der Waals surface area (Å²) < 4.78 is 31.9. The summed E-state index contributed by atoms with van der Waals surface area (Å²) in [4.78, 5) is 24.4. The molecule has 0 saturated heterocycles. The van der Waals surface area contributed by atoms with Crippen LogP contribution in [0.1, 0.15) is 16.9 Å². The number of hydrogen-bond donors (Lipinski definition) is 3. The highest BCUT2D eigenvalue weighted by Gasteiger charge is 2.25. The SMILES string of the molecule is Cc1cc(NS(=O)(=O)c2ccc(NC(=O)C(=O)NC3Cc4ccccc4C3)cc2)no1. The van der Waals surface area contributed by atoms with Crippen molar-refractivity contribution < 1.29 is 22.5 Å². The smallest absolute Gasteiger partial charge is 0.313 e. The Morgan fingerprint density at radius 1 is 1.00 bits per heavy atom. The molecule has 1 aliphatic carbocycles. The minimum atomic E-state index is -3.87. The topological polar surface area (TPSA) is 130 Å². The average molecular weight is 440 g/mol. The van der Waals surface area contributed by atoms with Gasteiger partial charge in [0.05, 0.1) is 4.90 Å². The number of nitrogens with zero attached hydrogens (tertiary/aromatic N) is 1. The van der Waals surface area contributed by atoms with Crippen molar-refractivity contribution in [3.63, 3.8) is 0 Å². The first-order valence-corrected chi connectivity index (χ1v) is 11.0. The molecule has 4 rings (SSSR count). The molecule has 9 nitrogen and oxygen atoms in total. The number of benzene rings is 2. The van der Waals surface area contributed by atoms with E-state index in [0.717, 1.165) is 0 Å². The standard InChI is InChI=1S/C21H20N4O5S/c1-13-10-19(24-30-13)25-31(28,29)18-8-6-16(7-9-18)22-20(26)21(27)23-17-11-14-4-2-3-5-15(14)12-17/h2-10,17H,11-12H2,1H3,(H,22,26)(H,23,27)(H,24,25). The van der Waals surface area contributed by atoms with E-state index in [-0.39, 0.29) is 16.8 Å². The Labute approximate surface area is 178 Å². The Morgan fingerprint density at radius 2 is 1.65 bits per heavy atom. The predicted octanol–water partition coefficient (Wildman–Crippen LogP) is 2.01. The summed E-state index contributed by atoms with van der Waals surface area (Å²) >= 11 is 0. The lowest BCUT2D eigenvalue weighted by molar-refractivity contribution is -0.136. The molecule has 10 heteroatoms. The lowest BCUT2D eigenvalue weighted by atomic mass is 10.1. The number of aryl methyl sites for hydroxylation is 1. The third-order valence-electron chi connectivity index (χ3n) is 4.88. The molecule has 0 radical (unpaired) electrons. The number of carbonyl (C=O) groups is 2. The molecular formula is C21H20N4O5S. The van der Waals surface area contributed by atoms with Gasteiger partial charge in [0, 0.05) is 17.8 Å². The molecule has 31 heavy (non-hydrogen) atoms. The van der Waals surface area contributed by atoms with Gasteiger partial charge >= 0.3 is 11.8 Å². The quantitative estimate of drug-likeness (QED) is 0.520. The van der Waals surface area contributed by atoms with Crippen molar-refractivity contribution in [2.75, 3.05) is 10.0 Å². The second-order valence-electron chi connectivity index (χ2n) is 7.25. The van der Waals surface area contributed by atoms with E-state index < -0.39 is 21.8 Å². The maximum absolute atomic E-state index is 12.4. The molecule has 0 spiro atoms. The van der Waals surface area contributed by atoms with Gasteiger partial charge in [0.25, 0.3) is 10.0 Å². The Hall–Kier alpha value is -3.66. The maximum atomic E-state index is 12.4. The van der Waals surface area contributed by atoms with Gasteiger partial charge < -0.3 is 15.2 Å². The number of rotatable bonds is 5. The van der Waals surface area contributed by atoms with Crippen molar-refractivity contribution in [1.29, 1.82) is 0 Å². The number of fused-ring (bicyclic) bond motifs is 1. The third kappa shape index (κ3) is 4.75. The van der Waals surface area contributed by atoms with Crippen LogP contribution in [0.5, 0.6) is 0 Å². The fourth-order valence-electron chi connectivity index (χ4n) is 3.43. The fraction of sp³-hybridized carbons (Fsp3) is 0.190. The number of hydrogen-bond acceptors (Lipinski definition) is 6. The Morgan fingerprint density at radius 3 is 2.23 bits per heavy atom. The molecule has 0 aliphatic heterocycles. The summed E-state index contributed by atoms with van der Waals surface area (Å²) in [5, 5.41) is 8.80. The highest BCUT2D eigenvalue weighted by atomic mass is 32.2. The lowest BCUT2D eigenvalue weighted by Gasteiger charge is -2.12. The second kappa shape index (κ2) is 8.23. The number of carbonyl (C=O) groups excluding carboxylic acids is 2. The minimum absolute atomic E-state index is 0.0284. The van der Waals surface area contributed by atoms with Crippen LogP contribution in [0.25, 0.3) is 0 Å². The van der Waals surface area contributed by atoms with Crippen LogP contribution in [0.4, 0.5) is 11.5 Å². The van der Waals surface area contributed by atoms with Crippen molar-refractivity contribution in [2.45, 2.75) is 30.7 Å². The number of sulfonamides is 1. The number of amides is 2. The van der Waals surface area contributed by atoms with Gasteiger partial charge in [-0.15, -0.1) is 0 Å². The van der Waals surface area contributed by atoms with Crippen LogP contribution >= 0.6 is 0 Å². The summed E-state index contributed by atoms with van der Waals surface area (Å²) in [5.74, 6) is -1.02. The van der Waals surface area contributed by atoms with Crippen molar-refractivity contribution in [3.05, 3.63) is 71.5 Å². The van der Waals surface area contributed by atoms with E-state index in [0.29, 0.717) is 24.3 Å². The first-order chi connectivity index (χ1) is 14.8. The molecule has 0 atom stereocenters. The lowest BCUT2D eigenvalue weighted by Crippen LogP contribution is -2.42. The van der Waals surface area contributed by atoms with E-state index in [4.69, 9.17) is 4.52 Å². The summed E-state index contributed by atoms with van der Waals surface area (Å²) in [6, 6.07) is 14.7. The van der Waals surface area contributed by atoms with Crippen LogP contribution in [0.15, 0.2) is 64.0 Å². The first kappa shape index (κ1) is 20.6. The first-order valence-electron chi connectivity index (χ1n) is 9.55. The predicted molar refractivity (Wildman–Crippen MR) is 113 cm³/mol. The van der Waals surface area contributed by atoms with Gasteiger partial charge in [0.1, 0.15) is 5.76 Å². The molecule has 160 valence electrons. The van der Waals surface area contributed by atoms with Crippen LogP contribution in [0.3, 0.4) is 0 Å². The van der Waals surface area contributed by atoms with Crippen LogP contribution in [-0.2, 0) is 32.5 Å². The van der Waals surface area contributed by atoms with Gasteiger partial charge in [-0.2, -0.15) is 0 Å². The fourth-order valence-corrected chi connectivity index (χ4v) is 4.41. The van der Waals surface area contributed by atoms with Gasteiger partial charge in [0.15, 0.2) is 5.82 Å². The molecule has 1 heterocycles. The Balaban J connectivity index is 1.34. The third-order valence-corrected chi connectivity index (χ3v) is 6.25. The molecule has 3 aromatic rings. The average Bonchev–Trinajstić information content (AvgIpc) is 3.32. The zero-order chi connectivity index (χ0) is 22.0. The van der Waals surface area contributed by atoms with Crippen molar-refractivity contribution in [1.82, 2.24) is 10.5 Å². The van der Waals surface area contributed by atoms with E-state index >= 15 is 0 Å². The normalized spacial score (nSPS) is 13.5. The van der Waals surface area contributed by atoms with Crippen LogP contribution in [0.2, 0.25) is 0 Å². The molecule has 2 aromatic carbocycles. The van der Waals surface area contributed by atoms with Crippen LogP contribution in [0, 0.1) is 6.92 Å². The van der Waals surface area contributed by atoms with E-state index in [1.807, 2.05) is 24.3 Å². The maximum Gasteiger partial charge on any atom is 0.313 e. The molecule has 0 bridgehead atoms. The summed E-state index contributed by atoms with van der Waals surface area (Å²) in [6.45, 7) is 1.64. The summed E-state index contributed by atoms with van der Waals surface area (Å²) in [5.41, 5.74) is 2.63. The van der Waals surface area contributed by atoms with Gasteiger partial charge in [0.2, 0.25) is 0 Å². The summed E-state index contributed by atoms with van der Waals surface area (Å²) in [6.07, 6.45) is 1.36. The highest BCUT2D eigenvalue weighted by Crippen LogP contribution is 2.22. The molecule has 1 aliphatic rings. The number of aromatic nitrogens is 1. The molecule has 3 N–H and O–H groups in total. The van der Waals surface area contributed by atoms with E-state index in [1.165, 1.54) is 41.5 Å². The molecular weight excluding hydrogens is 420 g/mol. The zero-order valence-electron chi connectivity index (χ0n) is 16.6. The summed E-state index contributed by atoms with van der Waals surface area (Å²) in [7, 11) is -3.87. The molecule has 0 unspecified atom stereocenters. The Bertz CT molecular complexity index is 1210.